The Balaban J connectivity index is 4.98. The molecule has 0 aromatic carbocycles. The molecule has 0 saturated heterocycles. The first kappa shape index (κ1) is 44.6. The molecule has 0 aliphatic rings. The molecular formula is C31H61BN8O8. The Hall–Kier alpha value is -3.44. The van der Waals surface area contributed by atoms with E-state index in [9.17, 15) is 28.8 Å². The third-order valence-electron chi connectivity index (χ3n) is 6.89. The molecule has 16 nitrogen and oxygen atoms in total. The van der Waals surface area contributed by atoms with Crippen molar-refractivity contribution < 1.29 is 38.2 Å². The number of hydrogen-bond donors (Lipinski definition) is 8. The maximum Gasteiger partial charge on any atom is 0.312 e. The summed E-state index contributed by atoms with van der Waals surface area (Å²) in [5, 5.41) is 19.2. The number of nitrogens with two attached hydrogens (primary N) is 1. The number of carbonyl (C=O) groups excluding carboxylic acids is 6. The molecule has 17 heteroatoms. The minimum absolute atomic E-state index is 0.0249. The lowest BCUT2D eigenvalue weighted by Gasteiger charge is -2.27. The van der Waals surface area contributed by atoms with E-state index >= 15 is 0 Å². The minimum atomic E-state index is -0.972. The summed E-state index contributed by atoms with van der Waals surface area (Å²) in [6, 6.07) is -3.44. The van der Waals surface area contributed by atoms with Crippen LogP contribution in [0.5, 0.6) is 0 Å². The average molecular weight is 685 g/mol. The molecular weight excluding hydrogens is 623 g/mol. The summed E-state index contributed by atoms with van der Waals surface area (Å²) in [6.45, 7) is 13.5. The molecule has 0 aromatic heterocycles. The van der Waals surface area contributed by atoms with Crippen molar-refractivity contribution in [1.82, 2.24) is 37.1 Å². The predicted octanol–water partition coefficient (Wildman–Crippen LogP) is -1.42. The van der Waals surface area contributed by atoms with Crippen molar-refractivity contribution in [2.75, 3.05) is 52.6 Å². The molecule has 9 N–H and O–H groups in total. The average Bonchev–Trinajstić information content (AvgIpc) is 2.98. The lowest BCUT2D eigenvalue weighted by atomic mass is 9.92. The SMILES string of the molecule is BNCCCC[C@H](NC(C)=O)C(=O)NC(C(=O)N[C@@H](CCCNC(N)=O)C(=O)NCCOCCOCCNC(=O)CC(C)(C)C)C(C)C. The topological polar surface area (TPSA) is 231 Å². The van der Waals surface area contributed by atoms with E-state index < -0.39 is 41.9 Å². The Bertz CT molecular complexity index is 996. The zero-order valence-corrected chi connectivity index (χ0v) is 30.1. The minimum Gasteiger partial charge on any atom is -0.377 e. The predicted molar refractivity (Wildman–Crippen MR) is 185 cm³/mol. The van der Waals surface area contributed by atoms with Gasteiger partial charge in [-0.05, 0) is 50.0 Å². The van der Waals surface area contributed by atoms with Crippen molar-refractivity contribution in [2.45, 2.75) is 98.2 Å². The molecule has 0 aliphatic carbocycles. The van der Waals surface area contributed by atoms with Crippen LogP contribution in [0.4, 0.5) is 4.79 Å². The highest BCUT2D eigenvalue weighted by molar-refractivity contribution is 6.04. The van der Waals surface area contributed by atoms with E-state index in [1.807, 2.05) is 28.8 Å². The Morgan fingerprint density at radius 1 is 0.688 bits per heavy atom. The normalized spacial score (nSPS) is 13.1. The van der Waals surface area contributed by atoms with Gasteiger partial charge in [-0.1, -0.05) is 34.6 Å². The highest BCUT2D eigenvalue weighted by atomic mass is 16.5. The number of primary amides is 1. The summed E-state index contributed by atoms with van der Waals surface area (Å²) in [6.07, 6.45) is 2.88. The van der Waals surface area contributed by atoms with E-state index in [-0.39, 0.29) is 55.9 Å². The molecule has 0 bridgehead atoms. The molecule has 276 valence electrons. The summed E-state index contributed by atoms with van der Waals surface area (Å²) in [5.41, 5.74) is 5.05. The fraction of sp³-hybridized carbons (Fsp3) is 0.806. The van der Waals surface area contributed by atoms with E-state index in [0.29, 0.717) is 45.4 Å². The highest BCUT2D eigenvalue weighted by Gasteiger charge is 2.31. The fourth-order valence-electron chi connectivity index (χ4n) is 4.50. The number of ether oxygens (including phenoxy) is 2. The van der Waals surface area contributed by atoms with Gasteiger partial charge in [0.1, 0.15) is 18.1 Å². The van der Waals surface area contributed by atoms with Gasteiger partial charge in [0.2, 0.25) is 29.5 Å². The van der Waals surface area contributed by atoms with Crippen LogP contribution in [0.2, 0.25) is 0 Å². The summed E-state index contributed by atoms with van der Waals surface area (Å²) >= 11 is 0. The van der Waals surface area contributed by atoms with Gasteiger partial charge >= 0.3 is 6.03 Å². The van der Waals surface area contributed by atoms with Crippen molar-refractivity contribution in [2.24, 2.45) is 17.1 Å². The van der Waals surface area contributed by atoms with Gasteiger partial charge in [-0.2, -0.15) is 0 Å². The third kappa shape index (κ3) is 23.8. The van der Waals surface area contributed by atoms with Crippen LogP contribution in [-0.2, 0) is 33.4 Å². The van der Waals surface area contributed by atoms with E-state index in [1.165, 1.54) is 6.92 Å². The highest BCUT2D eigenvalue weighted by Crippen LogP contribution is 2.17. The van der Waals surface area contributed by atoms with Gasteiger partial charge in [-0.25, -0.2) is 4.79 Å². The van der Waals surface area contributed by atoms with Crippen molar-refractivity contribution >= 4 is 43.5 Å². The summed E-state index contributed by atoms with van der Waals surface area (Å²) in [7, 11) is 1.83. The monoisotopic (exact) mass is 684 g/mol. The molecule has 48 heavy (non-hydrogen) atoms. The van der Waals surface area contributed by atoms with Gasteiger partial charge in [0.25, 0.3) is 0 Å². The van der Waals surface area contributed by atoms with Crippen LogP contribution in [0.3, 0.4) is 0 Å². The molecule has 0 aromatic rings. The van der Waals surface area contributed by atoms with E-state index in [2.05, 4.69) is 37.1 Å². The smallest absolute Gasteiger partial charge is 0.312 e. The zero-order chi connectivity index (χ0) is 36.5. The van der Waals surface area contributed by atoms with E-state index in [4.69, 9.17) is 15.2 Å². The third-order valence-corrected chi connectivity index (χ3v) is 6.89. The quantitative estimate of drug-likeness (QED) is 0.0394. The number of unbranched alkanes of at least 4 members (excludes halogenated alkanes) is 1. The van der Waals surface area contributed by atoms with Crippen molar-refractivity contribution in [1.29, 1.82) is 0 Å². The Morgan fingerprint density at radius 3 is 1.81 bits per heavy atom. The summed E-state index contributed by atoms with van der Waals surface area (Å²) in [5.74, 6) is -2.20. The van der Waals surface area contributed by atoms with Crippen molar-refractivity contribution in [3.63, 3.8) is 0 Å². The molecule has 0 heterocycles. The van der Waals surface area contributed by atoms with E-state index in [0.717, 1.165) is 13.0 Å². The van der Waals surface area contributed by atoms with Gasteiger partial charge in [0.05, 0.1) is 26.4 Å². The van der Waals surface area contributed by atoms with Gasteiger partial charge < -0.3 is 52.3 Å². The number of nitrogens with one attached hydrogen (secondary N) is 7. The molecule has 0 spiro atoms. The molecule has 1 unspecified atom stereocenters. The largest absolute Gasteiger partial charge is 0.377 e. The molecule has 7 amide bonds. The lowest BCUT2D eigenvalue weighted by molar-refractivity contribution is -0.134. The number of amides is 7. The molecule has 3 atom stereocenters. The Morgan fingerprint density at radius 2 is 1.27 bits per heavy atom. The van der Waals surface area contributed by atoms with Crippen LogP contribution in [-0.4, -0.2) is 114 Å². The van der Waals surface area contributed by atoms with Crippen molar-refractivity contribution in [3.05, 3.63) is 0 Å². The van der Waals surface area contributed by atoms with Crippen LogP contribution in [0.15, 0.2) is 0 Å². The fourth-order valence-corrected chi connectivity index (χ4v) is 4.50. The molecule has 0 radical (unpaired) electrons. The van der Waals surface area contributed by atoms with Crippen molar-refractivity contribution in [3.8, 4) is 0 Å². The first-order valence-electron chi connectivity index (χ1n) is 16.8. The number of hydrogen-bond acceptors (Lipinski definition) is 9. The van der Waals surface area contributed by atoms with Crippen LogP contribution in [0.25, 0.3) is 0 Å². The number of rotatable bonds is 26. The second kappa shape index (κ2) is 25.6. The lowest BCUT2D eigenvalue weighted by Crippen LogP contribution is -2.58. The standard InChI is InChI=1S/C31H61BN8O8/c1-21(2)26(40-28(44)24(38-22(3)41)10-7-8-13-37-32)29(45)39-23(11-9-12-36-30(33)46)27(43)35-15-17-48-19-18-47-16-14-34-25(42)20-31(4,5)6/h21,23-24,26,37H,7-20,32H2,1-6H3,(H,34,42)(H,35,43)(H,38,41)(H,39,45)(H,40,44)(H3,33,36,46)/t23-,24-,26?/m0/s1. The maximum absolute atomic E-state index is 13.4. The Labute approximate surface area is 286 Å². The second-order valence-electron chi connectivity index (χ2n) is 13.2. The van der Waals surface area contributed by atoms with Crippen LogP contribution < -0.4 is 42.9 Å². The first-order valence-corrected chi connectivity index (χ1v) is 16.8. The van der Waals surface area contributed by atoms with Gasteiger partial charge in [0.15, 0.2) is 7.98 Å². The van der Waals surface area contributed by atoms with E-state index in [1.54, 1.807) is 13.8 Å². The number of carbonyl (C=O) groups is 6. The molecule has 0 fully saturated rings. The molecule has 0 aliphatic heterocycles. The van der Waals surface area contributed by atoms with Gasteiger partial charge in [-0.3, -0.25) is 24.0 Å². The molecule has 0 saturated carbocycles. The van der Waals surface area contributed by atoms with Crippen LogP contribution in [0, 0.1) is 11.3 Å². The second-order valence-corrected chi connectivity index (χ2v) is 13.2. The summed E-state index contributed by atoms with van der Waals surface area (Å²) in [4.78, 5) is 74.3. The number of urea groups is 1. The first-order chi connectivity index (χ1) is 22.6. The molecule has 0 rings (SSSR count). The zero-order valence-electron chi connectivity index (χ0n) is 30.1. The van der Waals surface area contributed by atoms with Crippen LogP contribution >= 0.6 is 0 Å². The van der Waals surface area contributed by atoms with Gasteiger partial charge in [-0.15, -0.1) is 0 Å². The Kier molecular flexibility index (Phi) is 23.7. The van der Waals surface area contributed by atoms with Gasteiger partial charge in [0, 0.05) is 33.0 Å². The summed E-state index contributed by atoms with van der Waals surface area (Å²) < 4.78 is 11.0. The van der Waals surface area contributed by atoms with Crippen LogP contribution in [0.1, 0.15) is 80.1 Å². The maximum atomic E-state index is 13.4.